The number of nitrogens with one attached hydrogen (secondary N) is 2. The molecule has 28 heavy (non-hydrogen) atoms. The van der Waals surface area contributed by atoms with Crippen LogP contribution in [0.25, 0.3) is 10.9 Å². The van der Waals surface area contributed by atoms with Crippen molar-refractivity contribution in [2.75, 3.05) is 30.3 Å². The predicted molar refractivity (Wildman–Crippen MR) is 117 cm³/mol. The van der Waals surface area contributed by atoms with E-state index in [0.29, 0.717) is 12.0 Å². The first-order valence-corrected chi connectivity index (χ1v) is 10.1. The minimum Gasteiger partial charge on any atom is -0.352 e. The van der Waals surface area contributed by atoms with Crippen LogP contribution in [0.3, 0.4) is 0 Å². The van der Waals surface area contributed by atoms with Crippen LogP contribution in [-0.2, 0) is 0 Å². The van der Waals surface area contributed by atoms with Gasteiger partial charge < -0.3 is 15.5 Å². The molecule has 2 heterocycles. The number of anilines is 3. The molecule has 0 radical (unpaired) electrons. The Morgan fingerprint density at radius 1 is 1.04 bits per heavy atom. The number of rotatable bonds is 10. The van der Waals surface area contributed by atoms with Gasteiger partial charge in [-0.15, -0.1) is 0 Å². The fraction of sp³-hybridized carbons (Fsp3) is 0.409. The molecule has 0 amide bonds. The molecule has 0 aliphatic heterocycles. The van der Waals surface area contributed by atoms with Gasteiger partial charge in [-0.05, 0) is 69.7 Å². The van der Waals surface area contributed by atoms with Crippen molar-refractivity contribution in [1.82, 2.24) is 19.9 Å². The van der Waals surface area contributed by atoms with Crippen LogP contribution < -0.4 is 10.6 Å². The second-order valence-electron chi connectivity index (χ2n) is 7.02. The van der Waals surface area contributed by atoms with Crippen molar-refractivity contribution in [2.45, 2.75) is 39.7 Å². The maximum atomic E-state index is 4.60. The lowest BCUT2D eigenvalue weighted by Crippen LogP contribution is -2.26. The van der Waals surface area contributed by atoms with E-state index in [-0.39, 0.29) is 0 Å². The summed E-state index contributed by atoms with van der Waals surface area (Å²) in [5.41, 5.74) is 1.97. The Bertz CT molecular complexity index is 878. The Labute approximate surface area is 167 Å². The summed E-state index contributed by atoms with van der Waals surface area (Å²) in [4.78, 5) is 15.8. The van der Waals surface area contributed by atoms with Gasteiger partial charge in [0.25, 0.3) is 0 Å². The molecule has 0 aliphatic carbocycles. The molecule has 1 atom stereocenters. The third-order valence-electron chi connectivity index (χ3n) is 4.91. The Morgan fingerprint density at radius 2 is 1.89 bits per heavy atom. The minimum atomic E-state index is 0.331. The van der Waals surface area contributed by atoms with E-state index in [1.807, 2.05) is 24.3 Å². The summed E-state index contributed by atoms with van der Waals surface area (Å²) in [5.74, 6) is 1.43. The van der Waals surface area contributed by atoms with Crippen LogP contribution in [0.4, 0.5) is 17.5 Å². The zero-order valence-electron chi connectivity index (χ0n) is 17.0. The highest BCUT2D eigenvalue weighted by molar-refractivity contribution is 5.83. The summed E-state index contributed by atoms with van der Waals surface area (Å²) in [7, 11) is 0. The third kappa shape index (κ3) is 5.63. The first-order chi connectivity index (χ1) is 13.7. The lowest BCUT2D eigenvalue weighted by atomic mass is 10.2. The number of benzene rings is 1. The zero-order chi connectivity index (χ0) is 19.8. The van der Waals surface area contributed by atoms with Gasteiger partial charge in [0.2, 0.25) is 5.95 Å². The summed E-state index contributed by atoms with van der Waals surface area (Å²) >= 11 is 0. The van der Waals surface area contributed by atoms with Crippen LogP contribution in [0.2, 0.25) is 0 Å². The SMILES string of the molecule is CCN(CC)CCCC(C)Nc1nccc(Nc2ccc3ncccc3c2)n1. The van der Waals surface area contributed by atoms with Crippen LogP contribution in [-0.4, -0.2) is 45.5 Å². The van der Waals surface area contributed by atoms with Gasteiger partial charge in [0.05, 0.1) is 5.52 Å². The molecule has 2 aromatic heterocycles. The molecule has 0 aliphatic rings. The maximum absolute atomic E-state index is 4.60. The molecule has 3 aromatic rings. The summed E-state index contributed by atoms with van der Waals surface area (Å²) in [6.45, 7) is 9.97. The fourth-order valence-electron chi connectivity index (χ4n) is 3.25. The average Bonchev–Trinajstić information content (AvgIpc) is 2.71. The number of nitrogens with zero attached hydrogens (tertiary/aromatic N) is 4. The number of hydrogen-bond acceptors (Lipinski definition) is 6. The molecule has 0 saturated carbocycles. The maximum Gasteiger partial charge on any atom is 0.224 e. The highest BCUT2D eigenvalue weighted by Gasteiger charge is 2.07. The van der Waals surface area contributed by atoms with E-state index in [4.69, 9.17) is 0 Å². The van der Waals surface area contributed by atoms with Crippen molar-refractivity contribution < 1.29 is 0 Å². The lowest BCUT2D eigenvalue weighted by molar-refractivity contribution is 0.295. The predicted octanol–water partition coefficient (Wildman–Crippen LogP) is 4.69. The largest absolute Gasteiger partial charge is 0.352 e. The first-order valence-electron chi connectivity index (χ1n) is 10.1. The van der Waals surface area contributed by atoms with Crippen molar-refractivity contribution in [1.29, 1.82) is 0 Å². The molecule has 3 rings (SSSR count). The van der Waals surface area contributed by atoms with Crippen LogP contribution >= 0.6 is 0 Å². The zero-order valence-corrected chi connectivity index (χ0v) is 17.0. The van der Waals surface area contributed by atoms with Gasteiger partial charge in [0.15, 0.2) is 0 Å². The second-order valence-corrected chi connectivity index (χ2v) is 7.02. The molecule has 6 nitrogen and oxygen atoms in total. The molecule has 148 valence electrons. The Hall–Kier alpha value is -2.73. The van der Waals surface area contributed by atoms with Gasteiger partial charge >= 0.3 is 0 Å². The van der Waals surface area contributed by atoms with Gasteiger partial charge in [-0.1, -0.05) is 19.9 Å². The molecular formula is C22H30N6. The van der Waals surface area contributed by atoms with E-state index in [1.165, 1.54) is 6.42 Å². The molecule has 0 fully saturated rings. The van der Waals surface area contributed by atoms with Crippen LogP contribution in [0, 0.1) is 0 Å². The van der Waals surface area contributed by atoms with E-state index in [1.54, 1.807) is 12.4 Å². The van der Waals surface area contributed by atoms with Gasteiger partial charge in [-0.25, -0.2) is 4.98 Å². The Balaban J connectivity index is 1.57. The van der Waals surface area contributed by atoms with Crippen LogP contribution in [0.15, 0.2) is 48.8 Å². The molecule has 0 saturated heterocycles. The number of aromatic nitrogens is 3. The molecular weight excluding hydrogens is 348 g/mol. The fourth-order valence-corrected chi connectivity index (χ4v) is 3.25. The van der Waals surface area contributed by atoms with Crippen LogP contribution in [0.5, 0.6) is 0 Å². The summed E-state index contributed by atoms with van der Waals surface area (Å²) in [5, 5.41) is 7.87. The topological polar surface area (TPSA) is 66.0 Å². The molecule has 6 heteroatoms. The van der Waals surface area contributed by atoms with Crippen molar-refractivity contribution >= 4 is 28.4 Å². The highest BCUT2D eigenvalue weighted by Crippen LogP contribution is 2.20. The molecule has 1 aromatic carbocycles. The number of fused-ring (bicyclic) bond motifs is 1. The number of pyridine rings is 1. The van der Waals surface area contributed by atoms with Gasteiger partial charge in [-0.2, -0.15) is 4.98 Å². The van der Waals surface area contributed by atoms with E-state index >= 15 is 0 Å². The Morgan fingerprint density at radius 3 is 2.71 bits per heavy atom. The highest BCUT2D eigenvalue weighted by atomic mass is 15.1. The van der Waals surface area contributed by atoms with E-state index in [2.05, 4.69) is 63.4 Å². The standard InChI is InChI=1S/C22H30N6/c1-4-28(5-2)15-7-8-17(3)25-22-24-14-12-21(27-22)26-19-10-11-20-18(16-19)9-6-13-23-20/h6,9-14,16-17H,4-5,7-8,15H2,1-3H3,(H2,24,25,26,27). The molecule has 0 spiro atoms. The monoisotopic (exact) mass is 378 g/mol. The van der Waals surface area contributed by atoms with Gasteiger partial charge in [0.1, 0.15) is 5.82 Å². The van der Waals surface area contributed by atoms with Crippen molar-refractivity contribution in [2.24, 2.45) is 0 Å². The van der Waals surface area contributed by atoms with Gasteiger partial charge in [0, 0.05) is 29.5 Å². The molecule has 1 unspecified atom stereocenters. The van der Waals surface area contributed by atoms with E-state index < -0.39 is 0 Å². The van der Waals surface area contributed by atoms with E-state index in [9.17, 15) is 0 Å². The molecule has 2 N–H and O–H groups in total. The Kier molecular flexibility index (Phi) is 7.14. The van der Waals surface area contributed by atoms with Crippen LogP contribution in [0.1, 0.15) is 33.6 Å². The van der Waals surface area contributed by atoms with E-state index in [0.717, 1.165) is 48.5 Å². The second kappa shape index (κ2) is 9.99. The average molecular weight is 379 g/mol. The van der Waals surface area contributed by atoms with Crippen molar-refractivity contribution in [3.8, 4) is 0 Å². The minimum absolute atomic E-state index is 0.331. The number of hydrogen-bond donors (Lipinski definition) is 2. The summed E-state index contributed by atoms with van der Waals surface area (Å²) < 4.78 is 0. The third-order valence-corrected chi connectivity index (χ3v) is 4.91. The first kappa shape index (κ1) is 20.0. The summed E-state index contributed by atoms with van der Waals surface area (Å²) in [6, 6.07) is 12.3. The normalized spacial score (nSPS) is 12.3. The lowest BCUT2D eigenvalue weighted by Gasteiger charge is -2.19. The van der Waals surface area contributed by atoms with Crippen molar-refractivity contribution in [3.63, 3.8) is 0 Å². The van der Waals surface area contributed by atoms with Crippen molar-refractivity contribution in [3.05, 3.63) is 48.8 Å². The quantitative estimate of drug-likeness (QED) is 0.533. The molecule has 0 bridgehead atoms. The smallest absolute Gasteiger partial charge is 0.224 e. The van der Waals surface area contributed by atoms with Gasteiger partial charge in [-0.3, -0.25) is 4.98 Å². The summed E-state index contributed by atoms with van der Waals surface area (Å²) in [6.07, 6.45) is 5.85.